The summed E-state index contributed by atoms with van der Waals surface area (Å²) in [4.78, 5) is 16.1. The second-order valence-corrected chi connectivity index (χ2v) is 5.30. The molecule has 0 saturated heterocycles. The van der Waals surface area contributed by atoms with Crippen molar-refractivity contribution in [2.24, 2.45) is 5.92 Å². The molecular formula is C16H19N3O. The van der Waals surface area contributed by atoms with E-state index in [2.05, 4.69) is 17.2 Å². The van der Waals surface area contributed by atoms with Crippen molar-refractivity contribution < 1.29 is 4.79 Å². The Balaban J connectivity index is 2.06. The highest BCUT2D eigenvalue weighted by atomic mass is 16.1. The van der Waals surface area contributed by atoms with E-state index in [9.17, 15) is 4.79 Å². The summed E-state index contributed by atoms with van der Waals surface area (Å²) in [6.07, 6.45) is 9.38. The summed E-state index contributed by atoms with van der Waals surface area (Å²) < 4.78 is 0. The van der Waals surface area contributed by atoms with E-state index in [4.69, 9.17) is 5.26 Å². The third-order valence-electron chi connectivity index (χ3n) is 3.79. The number of carbonyl (C=O) groups is 1. The van der Waals surface area contributed by atoms with Gasteiger partial charge >= 0.3 is 0 Å². The number of carbonyl (C=O) groups excluding carboxylic acids is 1. The largest absolute Gasteiger partial charge is 0.348 e. The van der Waals surface area contributed by atoms with Gasteiger partial charge < -0.3 is 5.32 Å². The molecule has 2 atom stereocenters. The van der Waals surface area contributed by atoms with Gasteiger partial charge in [-0.05, 0) is 36.5 Å². The number of hydrogen-bond donors (Lipinski definition) is 1. The average molecular weight is 269 g/mol. The smallest absolute Gasteiger partial charge is 0.262 e. The molecule has 1 aromatic rings. The SMILES string of the molecule is C[C@@H]1CCCC[C@H]1NC(=O)/C(C#N)=C/c1cccnc1. The number of nitrogens with zero attached hydrogens (tertiary/aromatic N) is 2. The molecule has 0 aliphatic heterocycles. The fourth-order valence-corrected chi connectivity index (χ4v) is 2.55. The van der Waals surface area contributed by atoms with Gasteiger partial charge in [-0.25, -0.2) is 0 Å². The maximum Gasteiger partial charge on any atom is 0.262 e. The van der Waals surface area contributed by atoms with Crippen LogP contribution in [0.1, 0.15) is 38.2 Å². The molecule has 1 heterocycles. The van der Waals surface area contributed by atoms with E-state index in [1.54, 1.807) is 24.5 Å². The third-order valence-corrected chi connectivity index (χ3v) is 3.79. The molecule has 1 N–H and O–H groups in total. The lowest BCUT2D eigenvalue weighted by atomic mass is 9.86. The molecule has 0 aromatic carbocycles. The molecule has 4 heteroatoms. The average Bonchev–Trinajstić information content (AvgIpc) is 2.48. The monoisotopic (exact) mass is 269 g/mol. The fraction of sp³-hybridized carbons (Fsp3) is 0.438. The Bertz CT molecular complexity index is 530. The van der Waals surface area contributed by atoms with E-state index >= 15 is 0 Å². The van der Waals surface area contributed by atoms with Crippen LogP contribution in [0.3, 0.4) is 0 Å². The number of nitrogens with one attached hydrogen (secondary N) is 1. The van der Waals surface area contributed by atoms with Crippen molar-refractivity contribution in [3.05, 3.63) is 35.7 Å². The first-order chi connectivity index (χ1) is 9.70. The molecule has 20 heavy (non-hydrogen) atoms. The van der Waals surface area contributed by atoms with Crippen LogP contribution < -0.4 is 5.32 Å². The molecule has 0 unspecified atom stereocenters. The molecule has 1 fully saturated rings. The lowest BCUT2D eigenvalue weighted by molar-refractivity contribution is -0.118. The number of pyridine rings is 1. The second-order valence-electron chi connectivity index (χ2n) is 5.30. The summed E-state index contributed by atoms with van der Waals surface area (Å²) in [7, 11) is 0. The van der Waals surface area contributed by atoms with Gasteiger partial charge in [0.25, 0.3) is 5.91 Å². The number of amides is 1. The number of aromatic nitrogens is 1. The van der Waals surface area contributed by atoms with Crippen LogP contribution in [-0.2, 0) is 4.79 Å². The maximum atomic E-state index is 12.2. The first-order valence-electron chi connectivity index (χ1n) is 7.03. The minimum absolute atomic E-state index is 0.135. The number of nitriles is 1. The van der Waals surface area contributed by atoms with Gasteiger partial charge in [0, 0.05) is 18.4 Å². The van der Waals surface area contributed by atoms with Crippen molar-refractivity contribution in [2.45, 2.75) is 38.6 Å². The van der Waals surface area contributed by atoms with Gasteiger partial charge in [0.1, 0.15) is 11.6 Å². The molecule has 1 amide bonds. The Morgan fingerprint density at radius 3 is 2.95 bits per heavy atom. The molecule has 1 saturated carbocycles. The molecule has 0 spiro atoms. The van der Waals surface area contributed by atoms with E-state index in [1.807, 2.05) is 12.1 Å². The summed E-state index contributed by atoms with van der Waals surface area (Å²) >= 11 is 0. The quantitative estimate of drug-likeness (QED) is 0.677. The Morgan fingerprint density at radius 1 is 1.50 bits per heavy atom. The van der Waals surface area contributed by atoms with Crippen LogP contribution in [-0.4, -0.2) is 16.9 Å². The number of rotatable bonds is 3. The molecule has 1 aromatic heterocycles. The van der Waals surface area contributed by atoms with Gasteiger partial charge in [0.15, 0.2) is 0 Å². The van der Waals surface area contributed by atoms with Gasteiger partial charge in [0.2, 0.25) is 0 Å². The van der Waals surface area contributed by atoms with Crippen LogP contribution in [0.25, 0.3) is 6.08 Å². The summed E-state index contributed by atoms with van der Waals surface area (Å²) in [5, 5.41) is 12.1. The Morgan fingerprint density at radius 2 is 2.30 bits per heavy atom. The highest BCUT2D eigenvalue weighted by Crippen LogP contribution is 2.24. The lowest BCUT2D eigenvalue weighted by Gasteiger charge is -2.29. The molecule has 2 rings (SSSR count). The van der Waals surface area contributed by atoms with Gasteiger partial charge in [-0.2, -0.15) is 5.26 Å². The minimum Gasteiger partial charge on any atom is -0.348 e. The maximum absolute atomic E-state index is 12.2. The Hall–Kier alpha value is -2.15. The van der Waals surface area contributed by atoms with Gasteiger partial charge in [-0.3, -0.25) is 9.78 Å². The minimum atomic E-state index is -0.282. The fourth-order valence-electron chi connectivity index (χ4n) is 2.55. The predicted molar refractivity (Wildman–Crippen MR) is 77.4 cm³/mol. The van der Waals surface area contributed by atoms with Crippen LogP contribution in [0.2, 0.25) is 0 Å². The van der Waals surface area contributed by atoms with Crippen molar-refractivity contribution in [2.75, 3.05) is 0 Å². The second kappa shape index (κ2) is 6.85. The molecule has 1 aliphatic carbocycles. The van der Waals surface area contributed by atoms with Crippen LogP contribution >= 0.6 is 0 Å². The highest BCUT2D eigenvalue weighted by molar-refractivity contribution is 6.01. The molecule has 1 aliphatic rings. The molecule has 4 nitrogen and oxygen atoms in total. The highest BCUT2D eigenvalue weighted by Gasteiger charge is 2.23. The van der Waals surface area contributed by atoms with E-state index in [0.717, 1.165) is 24.8 Å². The summed E-state index contributed by atoms with van der Waals surface area (Å²) in [5.74, 6) is 0.195. The first-order valence-corrected chi connectivity index (χ1v) is 7.03. The zero-order valence-electron chi connectivity index (χ0n) is 11.7. The Kier molecular flexibility index (Phi) is 4.89. The summed E-state index contributed by atoms with van der Waals surface area (Å²) in [5.41, 5.74) is 0.895. The first kappa shape index (κ1) is 14.3. The third kappa shape index (κ3) is 3.67. The molecule has 0 bridgehead atoms. The Labute approximate surface area is 119 Å². The molecule has 104 valence electrons. The molecule has 0 radical (unpaired) electrons. The van der Waals surface area contributed by atoms with Crippen LogP contribution in [0, 0.1) is 17.2 Å². The zero-order valence-corrected chi connectivity index (χ0v) is 11.7. The predicted octanol–water partition coefficient (Wildman–Crippen LogP) is 2.68. The van der Waals surface area contributed by atoms with Crippen molar-refractivity contribution in [1.29, 1.82) is 5.26 Å². The van der Waals surface area contributed by atoms with E-state index in [1.165, 1.54) is 6.42 Å². The van der Waals surface area contributed by atoms with Crippen LogP contribution in [0.15, 0.2) is 30.1 Å². The zero-order chi connectivity index (χ0) is 14.4. The van der Waals surface area contributed by atoms with E-state index in [-0.39, 0.29) is 17.5 Å². The van der Waals surface area contributed by atoms with Gasteiger partial charge in [-0.1, -0.05) is 25.8 Å². The van der Waals surface area contributed by atoms with E-state index in [0.29, 0.717) is 5.92 Å². The van der Waals surface area contributed by atoms with E-state index < -0.39 is 0 Å². The normalized spacial score (nSPS) is 22.9. The van der Waals surface area contributed by atoms with Crippen molar-refractivity contribution in [1.82, 2.24) is 10.3 Å². The lowest BCUT2D eigenvalue weighted by Crippen LogP contribution is -2.41. The van der Waals surface area contributed by atoms with Crippen LogP contribution in [0.5, 0.6) is 0 Å². The van der Waals surface area contributed by atoms with Crippen LogP contribution in [0.4, 0.5) is 0 Å². The summed E-state index contributed by atoms with van der Waals surface area (Å²) in [6, 6.07) is 5.76. The van der Waals surface area contributed by atoms with Crippen molar-refractivity contribution in [3.63, 3.8) is 0 Å². The standard InChI is InChI=1S/C16H19N3O/c1-12-5-2-3-7-15(12)19-16(20)14(10-17)9-13-6-4-8-18-11-13/h4,6,8-9,11-12,15H,2-3,5,7H2,1H3,(H,19,20)/b14-9+/t12-,15-/m1/s1. The van der Waals surface area contributed by atoms with Gasteiger partial charge in [0.05, 0.1) is 0 Å². The van der Waals surface area contributed by atoms with Gasteiger partial charge in [-0.15, -0.1) is 0 Å². The topological polar surface area (TPSA) is 65.8 Å². The van der Waals surface area contributed by atoms with Crippen molar-refractivity contribution >= 4 is 12.0 Å². The number of hydrogen-bond acceptors (Lipinski definition) is 3. The summed E-state index contributed by atoms with van der Waals surface area (Å²) in [6.45, 7) is 2.15. The van der Waals surface area contributed by atoms with Crippen molar-refractivity contribution in [3.8, 4) is 6.07 Å². The molecular weight excluding hydrogens is 250 g/mol.